The number of likely N-dealkylation sites (tertiary alicyclic amines) is 1. The van der Waals surface area contributed by atoms with E-state index in [1.54, 1.807) is 11.3 Å². The second-order valence-electron chi connectivity index (χ2n) is 6.11. The first kappa shape index (κ1) is 13.9. The Labute approximate surface area is 125 Å². The fourth-order valence-corrected chi connectivity index (χ4v) is 4.74. The molecule has 1 aliphatic carbocycles. The molecule has 3 rings (SSSR count). The standard InChI is InChI=1S/C16H24N2OS/c1-2-11-6-7-12-13(10-11)20-15(17)14(12)16(19)18-8-4-3-5-9-18/h11H,2-10,17H2,1H3. The molecule has 0 aromatic carbocycles. The smallest absolute Gasteiger partial charge is 0.257 e. The first-order chi connectivity index (χ1) is 9.70. The number of rotatable bonds is 2. The topological polar surface area (TPSA) is 46.3 Å². The predicted octanol–water partition coefficient (Wildman–Crippen LogP) is 3.47. The van der Waals surface area contributed by atoms with Crippen LogP contribution >= 0.6 is 11.3 Å². The number of anilines is 1. The van der Waals surface area contributed by atoms with E-state index in [4.69, 9.17) is 5.73 Å². The SMILES string of the molecule is CCC1CCc2c(sc(N)c2C(=O)N2CCCCC2)C1. The lowest BCUT2D eigenvalue weighted by Crippen LogP contribution is -2.36. The van der Waals surface area contributed by atoms with Gasteiger partial charge in [-0.2, -0.15) is 0 Å². The average molecular weight is 292 g/mol. The summed E-state index contributed by atoms with van der Waals surface area (Å²) >= 11 is 1.66. The summed E-state index contributed by atoms with van der Waals surface area (Å²) in [6.45, 7) is 4.06. The van der Waals surface area contributed by atoms with Gasteiger partial charge in [0.15, 0.2) is 0 Å². The highest BCUT2D eigenvalue weighted by molar-refractivity contribution is 7.16. The van der Waals surface area contributed by atoms with E-state index in [1.807, 2.05) is 4.90 Å². The molecule has 1 fully saturated rings. The summed E-state index contributed by atoms with van der Waals surface area (Å²) in [7, 11) is 0. The minimum atomic E-state index is 0.189. The number of carbonyl (C=O) groups excluding carboxylic acids is 1. The van der Waals surface area contributed by atoms with Gasteiger partial charge in [-0.3, -0.25) is 4.79 Å². The van der Waals surface area contributed by atoms with Crippen molar-refractivity contribution in [1.82, 2.24) is 4.90 Å². The van der Waals surface area contributed by atoms with E-state index in [0.717, 1.165) is 55.3 Å². The van der Waals surface area contributed by atoms with Crippen LogP contribution in [0.25, 0.3) is 0 Å². The maximum absolute atomic E-state index is 12.8. The Morgan fingerprint density at radius 1 is 1.35 bits per heavy atom. The van der Waals surface area contributed by atoms with Crippen molar-refractivity contribution < 1.29 is 4.79 Å². The Morgan fingerprint density at radius 3 is 2.80 bits per heavy atom. The van der Waals surface area contributed by atoms with Crippen molar-refractivity contribution >= 4 is 22.2 Å². The maximum atomic E-state index is 12.8. The lowest BCUT2D eigenvalue weighted by atomic mass is 9.85. The summed E-state index contributed by atoms with van der Waals surface area (Å²) in [5.74, 6) is 0.966. The molecule has 1 aromatic heterocycles. The number of carbonyl (C=O) groups is 1. The molecule has 0 spiro atoms. The molecule has 1 aromatic rings. The minimum Gasteiger partial charge on any atom is -0.390 e. The highest BCUT2D eigenvalue weighted by Gasteiger charge is 2.30. The van der Waals surface area contributed by atoms with Gasteiger partial charge in [0.25, 0.3) is 5.91 Å². The third-order valence-corrected chi connectivity index (χ3v) is 5.91. The first-order valence-electron chi connectivity index (χ1n) is 7.90. The quantitative estimate of drug-likeness (QED) is 0.907. The molecule has 2 N–H and O–H groups in total. The van der Waals surface area contributed by atoms with Crippen molar-refractivity contribution in [2.24, 2.45) is 5.92 Å². The van der Waals surface area contributed by atoms with Crippen molar-refractivity contribution in [3.63, 3.8) is 0 Å². The van der Waals surface area contributed by atoms with Crippen LogP contribution in [0.2, 0.25) is 0 Å². The number of thiophene rings is 1. The third-order valence-electron chi connectivity index (χ3n) is 4.83. The van der Waals surface area contributed by atoms with Crippen molar-refractivity contribution in [3.8, 4) is 0 Å². The molecule has 1 saturated heterocycles. The van der Waals surface area contributed by atoms with Crippen molar-refractivity contribution in [3.05, 3.63) is 16.0 Å². The second-order valence-corrected chi connectivity index (χ2v) is 7.25. The number of hydrogen-bond donors (Lipinski definition) is 1. The highest BCUT2D eigenvalue weighted by Crippen LogP contribution is 2.39. The Hall–Kier alpha value is -1.03. The van der Waals surface area contributed by atoms with Gasteiger partial charge in [-0.15, -0.1) is 11.3 Å². The van der Waals surface area contributed by atoms with E-state index < -0.39 is 0 Å². The summed E-state index contributed by atoms with van der Waals surface area (Å²) in [5.41, 5.74) is 8.31. The van der Waals surface area contributed by atoms with Crippen LogP contribution in [0.15, 0.2) is 0 Å². The molecule has 2 aliphatic rings. The number of piperidine rings is 1. The van der Waals surface area contributed by atoms with E-state index >= 15 is 0 Å². The van der Waals surface area contributed by atoms with E-state index in [9.17, 15) is 4.79 Å². The van der Waals surface area contributed by atoms with Gasteiger partial charge in [-0.05, 0) is 50.0 Å². The van der Waals surface area contributed by atoms with Crippen molar-refractivity contribution in [2.75, 3.05) is 18.8 Å². The number of fused-ring (bicyclic) bond motifs is 1. The molecule has 3 nitrogen and oxygen atoms in total. The fourth-order valence-electron chi connectivity index (χ4n) is 3.51. The summed E-state index contributed by atoms with van der Waals surface area (Å²) < 4.78 is 0. The molecule has 4 heteroatoms. The van der Waals surface area contributed by atoms with Gasteiger partial charge in [0, 0.05) is 18.0 Å². The molecule has 1 unspecified atom stereocenters. The van der Waals surface area contributed by atoms with Crippen LogP contribution in [0.4, 0.5) is 5.00 Å². The highest BCUT2D eigenvalue weighted by atomic mass is 32.1. The van der Waals surface area contributed by atoms with Gasteiger partial charge in [0.05, 0.1) is 10.6 Å². The molecule has 1 amide bonds. The number of nitrogen functional groups attached to an aromatic ring is 1. The Kier molecular flexibility index (Phi) is 4.01. The Morgan fingerprint density at radius 2 is 2.10 bits per heavy atom. The van der Waals surface area contributed by atoms with Gasteiger partial charge in [0.2, 0.25) is 0 Å². The molecule has 0 saturated carbocycles. The molecule has 0 bridgehead atoms. The normalized spacial score (nSPS) is 22.6. The van der Waals surface area contributed by atoms with Crippen LogP contribution < -0.4 is 5.73 Å². The first-order valence-corrected chi connectivity index (χ1v) is 8.71. The van der Waals surface area contributed by atoms with Crippen molar-refractivity contribution in [1.29, 1.82) is 0 Å². The average Bonchev–Trinajstić information content (AvgIpc) is 2.82. The Balaban J connectivity index is 1.86. The largest absolute Gasteiger partial charge is 0.390 e. The minimum absolute atomic E-state index is 0.189. The molecular formula is C16H24N2OS. The van der Waals surface area contributed by atoms with Crippen LogP contribution in [-0.4, -0.2) is 23.9 Å². The van der Waals surface area contributed by atoms with E-state index in [2.05, 4.69) is 6.92 Å². The summed E-state index contributed by atoms with van der Waals surface area (Å²) in [5, 5.41) is 0.752. The predicted molar refractivity (Wildman–Crippen MR) is 84.3 cm³/mol. The van der Waals surface area contributed by atoms with Gasteiger partial charge in [0.1, 0.15) is 0 Å². The molecule has 1 aliphatic heterocycles. The van der Waals surface area contributed by atoms with Crippen LogP contribution in [0.5, 0.6) is 0 Å². The Bertz CT molecular complexity index is 503. The number of amides is 1. The second kappa shape index (κ2) is 5.76. The molecule has 0 radical (unpaired) electrons. The molecule has 110 valence electrons. The van der Waals surface area contributed by atoms with Crippen LogP contribution in [0.3, 0.4) is 0 Å². The van der Waals surface area contributed by atoms with E-state index in [0.29, 0.717) is 0 Å². The lowest BCUT2D eigenvalue weighted by Gasteiger charge is -2.28. The van der Waals surface area contributed by atoms with E-state index in [-0.39, 0.29) is 5.91 Å². The molecular weight excluding hydrogens is 268 g/mol. The number of nitrogens with zero attached hydrogens (tertiary/aromatic N) is 1. The zero-order valence-electron chi connectivity index (χ0n) is 12.3. The zero-order chi connectivity index (χ0) is 14.1. The monoisotopic (exact) mass is 292 g/mol. The van der Waals surface area contributed by atoms with E-state index in [1.165, 1.54) is 29.7 Å². The van der Waals surface area contributed by atoms with Crippen molar-refractivity contribution in [2.45, 2.75) is 51.9 Å². The summed E-state index contributed by atoms with van der Waals surface area (Å²) in [6, 6.07) is 0. The maximum Gasteiger partial charge on any atom is 0.257 e. The number of hydrogen-bond acceptors (Lipinski definition) is 3. The summed E-state index contributed by atoms with van der Waals surface area (Å²) in [6.07, 6.45) is 8.11. The molecule has 2 heterocycles. The van der Waals surface area contributed by atoms with Crippen LogP contribution in [0.1, 0.15) is 59.8 Å². The lowest BCUT2D eigenvalue weighted by molar-refractivity contribution is 0.0724. The molecule has 1 atom stereocenters. The summed E-state index contributed by atoms with van der Waals surface area (Å²) in [4.78, 5) is 16.1. The third kappa shape index (κ3) is 2.46. The van der Waals surface area contributed by atoms with Gasteiger partial charge in [-0.1, -0.05) is 13.3 Å². The van der Waals surface area contributed by atoms with Crippen LogP contribution in [-0.2, 0) is 12.8 Å². The van der Waals surface area contributed by atoms with Gasteiger partial charge >= 0.3 is 0 Å². The number of nitrogens with two attached hydrogens (primary N) is 1. The zero-order valence-corrected chi connectivity index (χ0v) is 13.1. The van der Waals surface area contributed by atoms with Crippen LogP contribution in [0, 0.1) is 5.92 Å². The van der Waals surface area contributed by atoms with Gasteiger partial charge < -0.3 is 10.6 Å². The fraction of sp³-hybridized carbons (Fsp3) is 0.688. The molecule has 20 heavy (non-hydrogen) atoms. The van der Waals surface area contributed by atoms with Gasteiger partial charge in [-0.25, -0.2) is 0 Å².